The Labute approximate surface area is 157 Å². The van der Waals surface area contributed by atoms with Crippen molar-refractivity contribution in [2.24, 2.45) is 0 Å². The molecule has 2 atom stereocenters. The topological polar surface area (TPSA) is 54.5 Å². The van der Waals surface area contributed by atoms with E-state index in [0.717, 1.165) is 12.3 Å². The molecule has 1 aromatic rings. The van der Waals surface area contributed by atoms with E-state index in [9.17, 15) is 18.0 Å². The highest BCUT2D eigenvalue weighted by Crippen LogP contribution is 2.39. The van der Waals surface area contributed by atoms with E-state index >= 15 is 0 Å². The van der Waals surface area contributed by atoms with Crippen LogP contribution in [0.15, 0.2) is 12.3 Å². The average molecular weight is 385 g/mol. The molecule has 2 heterocycles. The number of ether oxygens (including phenoxy) is 1. The third-order valence-corrected chi connectivity index (χ3v) is 5.07. The van der Waals surface area contributed by atoms with Crippen LogP contribution in [0, 0.1) is 5.82 Å². The van der Waals surface area contributed by atoms with Crippen molar-refractivity contribution < 1.29 is 22.7 Å². The van der Waals surface area contributed by atoms with E-state index in [-0.39, 0.29) is 48.4 Å². The van der Waals surface area contributed by atoms with E-state index in [1.807, 2.05) is 20.8 Å². The number of carbonyl (C=O) groups excluding carboxylic acids is 1. The number of alkyl halides is 2. The van der Waals surface area contributed by atoms with Gasteiger partial charge in [-0.25, -0.2) is 18.2 Å². The van der Waals surface area contributed by atoms with Crippen molar-refractivity contribution in [2.75, 3.05) is 11.9 Å². The van der Waals surface area contributed by atoms with Crippen molar-refractivity contribution in [3.63, 3.8) is 0 Å². The van der Waals surface area contributed by atoms with Crippen LogP contribution in [-0.4, -0.2) is 52.5 Å². The summed E-state index contributed by atoms with van der Waals surface area (Å²) >= 11 is 0. The van der Waals surface area contributed by atoms with Gasteiger partial charge >= 0.3 is 0 Å². The van der Waals surface area contributed by atoms with Crippen LogP contribution in [0.5, 0.6) is 0 Å². The molecular formula is C19H26F3N3O2. The largest absolute Gasteiger partial charge is 0.375 e. The summed E-state index contributed by atoms with van der Waals surface area (Å²) < 4.78 is 45.7. The van der Waals surface area contributed by atoms with Gasteiger partial charge < -0.3 is 15.0 Å². The molecule has 0 radical (unpaired) electrons. The normalized spacial score (nSPS) is 25.4. The lowest BCUT2D eigenvalue weighted by atomic mass is 9.88. The Kier molecular flexibility index (Phi) is 5.65. The second kappa shape index (κ2) is 7.66. The fourth-order valence-electron chi connectivity index (χ4n) is 3.77. The molecule has 150 valence electrons. The Morgan fingerprint density at radius 2 is 2.11 bits per heavy atom. The Hall–Kier alpha value is -1.83. The van der Waals surface area contributed by atoms with Crippen LogP contribution in [0.1, 0.15) is 56.8 Å². The molecule has 1 aliphatic heterocycles. The van der Waals surface area contributed by atoms with Crippen LogP contribution in [0.25, 0.3) is 0 Å². The summed E-state index contributed by atoms with van der Waals surface area (Å²) in [5.41, 5.74) is 0.0836. The van der Waals surface area contributed by atoms with E-state index in [1.54, 1.807) is 4.90 Å². The van der Waals surface area contributed by atoms with Gasteiger partial charge in [0.2, 0.25) is 0 Å². The fraction of sp³-hybridized carbons (Fsp3) is 0.684. The number of halogens is 3. The van der Waals surface area contributed by atoms with E-state index < -0.39 is 17.8 Å². The van der Waals surface area contributed by atoms with E-state index in [0.29, 0.717) is 19.4 Å². The molecule has 2 aliphatic rings. The van der Waals surface area contributed by atoms with Crippen molar-refractivity contribution in [1.82, 2.24) is 9.88 Å². The second-order valence-electron chi connectivity index (χ2n) is 7.83. The number of pyridine rings is 1. The molecule has 2 unspecified atom stereocenters. The molecule has 1 aromatic heterocycles. The molecule has 3 rings (SSSR count). The van der Waals surface area contributed by atoms with E-state index in [1.165, 1.54) is 0 Å². The molecule has 8 heteroatoms. The predicted molar refractivity (Wildman–Crippen MR) is 95.5 cm³/mol. The number of hydrogen-bond donors (Lipinski definition) is 1. The highest BCUT2D eigenvalue weighted by molar-refractivity contribution is 5.99. The predicted octanol–water partition coefficient (Wildman–Crippen LogP) is 3.85. The van der Waals surface area contributed by atoms with Crippen molar-refractivity contribution in [3.05, 3.63) is 23.6 Å². The highest BCUT2D eigenvalue weighted by atomic mass is 19.3. The van der Waals surface area contributed by atoms with Crippen molar-refractivity contribution in [2.45, 2.75) is 76.7 Å². The lowest BCUT2D eigenvalue weighted by molar-refractivity contribution is -0.0794. The number of likely N-dealkylation sites (tertiary alicyclic amines) is 1. The molecule has 1 N–H and O–H groups in total. The molecular weight excluding hydrogens is 359 g/mol. The minimum atomic E-state index is -2.69. The molecule has 0 aromatic carbocycles. The Balaban J connectivity index is 1.71. The highest BCUT2D eigenvalue weighted by Gasteiger charge is 2.45. The quantitative estimate of drug-likeness (QED) is 0.837. The van der Waals surface area contributed by atoms with Gasteiger partial charge in [-0.05, 0) is 39.7 Å². The van der Waals surface area contributed by atoms with E-state index in [4.69, 9.17) is 4.74 Å². The SMILES string of the molecule is CC(C)OC1CCN(C(=O)c2cc(F)cnc2NC2CC(F)(F)C2)C(C)C1. The van der Waals surface area contributed by atoms with Gasteiger partial charge in [0.15, 0.2) is 0 Å². The number of anilines is 1. The van der Waals surface area contributed by atoms with Gasteiger partial charge in [0.05, 0.1) is 24.0 Å². The minimum Gasteiger partial charge on any atom is -0.375 e. The number of aromatic nitrogens is 1. The molecule has 1 saturated carbocycles. The van der Waals surface area contributed by atoms with Gasteiger partial charge in [-0.2, -0.15) is 0 Å². The molecule has 1 amide bonds. The standard InChI is InChI=1S/C19H26F3N3O2/c1-11(2)27-15-4-5-25(12(3)6-15)18(26)16-7-13(20)10-23-17(16)24-14-8-19(21,22)9-14/h7,10-12,14-15H,4-6,8-9H2,1-3H3,(H,23,24). The summed E-state index contributed by atoms with van der Waals surface area (Å²) in [6.45, 7) is 6.37. The molecule has 5 nitrogen and oxygen atoms in total. The van der Waals surface area contributed by atoms with Crippen LogP contribution >= 0.6 is 0 Å². The maximum atomic E-state index is 13.7. The van der Waals surface area contributed by atoms with Crippen LogP contribution in [0.4, 0.5) is 19.0 Å². The number of amides is 1. The lowest BCUT2D eigenvalue weighted by Crippen LogP contribution is -2.48. The van der Waals surface area contributed by atoms with Gasteiger partial charge in [0, 0.05) is 31.5 Å². The van der Waals surface area contributed by atoms with Crippen molar-refractivity contribution >= 4 is 11.7 Å². The average Bonchev–Trinajstić information content (AvgIpc) is 2.53. The van der Waals surface area contributed by atoms with Crippen LogP contribution in [0.2, 0.25) is 0 Å². The summed E-state index contributed by atoms with van der Waals surface area (Å²) in [6, 6.07) is 0.587. The number of hydrogen-bond acceptors (Lipinski definition) is 4. The van der Waals surface area contributed by atoms with Gasteiger partial charge in [-0.1, -0.05) is 0 Å². The van der Waals surface area contributed by atoms with E-state index in [2.05, 4.69) is 10.3 Å². The van der Waals surface area contributed by atoms with Crippen LogP contribution in [-0.2, 0) is 4.74 Å². The molecule has 1 saturated heterocycles. The number of piperidine rings is 1. The lowest BCUT2D eigenvalue weighted by Gasteiger charge is -2.39. The summed E-state index contributed by atoms with van der Waals surface area (Å²) in [6.07, 6.45) is 1.97. The Morgan fingerprint density at radius 1 is 1.41 bits per heavy atom. The smallest absolute Gasteiger partial charge is 0.257 e. The molecule has 0 bridgehead atoms. The summed E-state index contributed by atoms with van der Waals surface area (Å²) in [7, 11) is 0. The van der Waals surface area contributed by atoms with Crippen LogP contribution in [0.3, 0.4) is 0 Å². The minimum absolute atomic E-state index is 0.0702. The Morgan fingerprint density at radius 3 is 2.70 bits per heavy atom. The van der Waals surface area contributed by atoms with Gasteiger partial charge in [0.25, 0.3) is 11.8 Å². The molecule has 1 aliphatic carbocycles. The van der Waals surface area contributed by atoms with Gasteiger partial charge in [-0.3, -0.25) is 4.79 Å². The summed E-state index contributed by atoms with van der Waals surface area (Å²) in [5, 5.41) is 2.87. The number of nitrogens with one attached hydrogen (secondary N) is 1. The second-order valence-corrected chi connectivity index (χ2v) is 7.83. The monoisotopic (exact) mass is 385 g/mol. The summed E-state index contributed by atoms with van der Waals surface area (Å²) in [4.78, 5) is 18.6. The summed E-state index contributed by atoms with van der Waals surface area (Å²) in [5.74, 6) is -3.50. The first-order valence-corrected chi connectivity index (χ1v) is 9.41. The van der Waals surface area contributed by atoms with Gasteiger partial charge in [-0.15, -0.1) is 0 Å². The molecule has 0 spiro atoms. The Bertz CT molecular complexity index is 691. The fourth-order valence-corrected chi connectivity index (χ4v) is 3.77. The number of rotatable bonds is 5. The molecule has 2 fully saturated rings. The first-order valence-electron chi connectivity index (χ1n) is 9.41. The number of carbonyl (C=O) groups is 1. The van der Waals surface area contributed by atoms with Crippen molar-refractivity contribution in [3.8, 4) is 0 Å². The third kappa shape index (κ3) is 4.72. The first-order chi connectivity index (χ1) is 12.6. The zero-order chi connectivity index (χ0) is 19.8. The first kappa shape index (κ1) is 19.9. The zero-order valence-corrected chi connectivity index (χ0v) is 15.8. The molecule has 27 heavy (non-hydrogen) atoms. The maximum Gasteiger partial charge on any atom is 0.257 e. The number of nitrogens with zero attached hydrogens (tertiary/aromatic N) is 2. The zero-order valence-electron chi connectivity index (χ0n) is 15.8. The van der Waals surface area contributed by atoms with Crippen molar-refractivity contribution in [1.29, 1.82) is 0 Å². The van der Waals surface area contributed by atoms with Gasteiger partial charge in [0.1, 0.15) is 11.6 Å². The van der Waals surface area contributed by atoms with Crippen LogP contribution < -0.4 is 5.32 Å². The maximum absolute atomic E-state index is 13.7. The third-order valence-electron chi connectivity index (χ3n) is 5.07.